The maximum Gasteiger partial charge on any atom is 0.161 e. The van der Waals surface area contributed by atoms with E-state index in [1.165, 1.54) is 0 Å². The summed E-state index contributed by atoms with van der Waals surface area (Å²) in [4.78, 5) is 4.64. The highest BCUT2D eigenvalue weighted by atomic mass is 16.5. The van der Waals surface area contributed by atoms with Gasteiger partial charge in [-0.15, -0.1) is 6.58 Å². The Morgan fingerprint density at radius 1 is 0.943 bits per heavy atom. The quantitative estimate of drug-likeness (QED) is 0.123. The molecule has 35 heavy (non-hydrogen) atoms. The van der Waals surface area contributed by atoms with E-state index in [-0.39, 0.29) is 0 Å². The van der Waals surface area contributed by atoms with Crippen LogP contribution in [0.2, 0.25) is 0 Å². The van der Waals surface area contributed by atoms with Crippen LogP contribution in [-0.4, -0.2) is 40.2 Å². The summed E-state index contributed by atoms with van der Waals surface area (Å²) >= 11 is 0. The molecule has 0 aromatic heterocycles. The Morgan fingerprint density at radius 3 is 2.31 bits per heavy atom. The van der Waals surface area contributed by atoms with Crippen LogP contribution in [0.3, 0.4) is 0 Å². The molecule has 6 heteroatoms. The molecular weight excluding hydrogens is 440 g/mol. The lowest BCUT2D eigenvalue weighted by Crippen LogP contribution is -2.04. The van der Waals surface area contributed by atoms with Crippen LogP contribution in [0.5, 0.6) is 23.0 Å². The molecule has 186 valence electrons. The van der Waals surface area contributed by atoms with Crippen LogP contribution >= 0.6 is 0 Å². The van der Waals surface area contributed by atoms with E-state index in [1.54, 1.807) is 21.3 Å². The number of unbranched alkanes of at least 4 members (excludes halogenated alkanes) is 3. The van der Waals surface area contributed by atoms with Crippen LogP contribution in [0, 0.1) is 11.3 Å². The second kappa shape index (κ2) is 15.2. The predicted octanol–water partition coefficient (Wildman–Crippen LogP) is 6.75. The second-order valence-corrected chi connectivity index (χ2v) is 7.87. The molecule has 0 aliphatic heterocycles. The van der Waals surface area contributed by atoms with Gasteiger partial charge in [0.25, 0.3) is 0 Å². The first kappa shape index (κ1) is 27.5. The van der Waals surface area contributed by atoms with Gasteiger partial charge in [0.15, 0.2) is 23.0 Å². The molecule has 0 spiro atoms. The minimum Gasteiger partial charge on any atom is -0.493 e. The summed E-state index contributed by atoms with van der Waals surface area (Å²) in [6, 6.07) is 13.6. The Kier molecular flexibility index (Phi) is 12.0. The number of nitriles is 1. The van der Waals surface area contributed by atoms with Crippen molar-refractivity contribution in [1.29, 1.82) is 5.26 Å². The molecule has 2 aromatic rings. The van der Waals surface area contributed by atoms with Gasteiger partial charge < -0.3 is 18.9 Å². The molecule has 0 amide bonds. The van der Waals surface area contributed by atoms with Crippen molar-refractivity contribution in [3.05, 3.63) is 60.2 Å². The average Bonchev–Trinajstić information content (AvgIpc) is 2.89. The third-order valence-electron chi connectivity index (χ3n) is 5.40. The Balaban J connectivity index is 2.56. The van der Waals surface area contributed by atoms with Gasteiger partial charge in [-0.3, -0.25) is 4.99 Å². The Labute approximate surface area is 209 Å². The molecule has 0 aliphatic carbocycles. The molecule has 2 aromatic carbocycles. The van der Waals surface area contributed by atoms with E-state index < -0.39 is 0 Å². The zero-order chi connectivity index (χ0) is 25.5. The van der Waals surface area contributed by atoms with Crippen LogP contribution in [0.15, 0.2) is 54.0 Å². The van der Waals surface area contributed by atoms with Crippen LogP contribution in [0.1, 0.15) is 50.2 Å². The van der Waals surface area contributed by atoms with Gasteiger partial charge >= 0.3 is 0 Å². The molecule has 0 N–H and O–H groups in total. The van der Waals surface area contributed by atoms with Gasteiger partial charge in [0.05, 0.1) is 27.9 Å². The highest BCUT2D eigenvalue weighted by Crippen LogP contribution is 2.34. The molecule has 0 bridgehead atoms. The number of hydrogen-bond acceptors (Lipinski definition) is 6. The number of hydrogen-bond donors (Lipinski definition) is 0. The Morgan fingerprint density at radius 2 is 1.66 bits per heavy atom. The van der Waals surface area contributed by atoms with E-state index in [1.807, 2.05) is 48.6 Å². The fourth-order valence-electron chi connectivity index (χ4n) is 3.45. The zero-order valence-corrected chi connectivity index (χ0v) is 21.3. The maximum atomic E-state index is 10.0. The first-order valence-corrected chi connectivity index (χ1v) is 11.9. The molecule has 0 aliphatic rings. The largest absolute Gasteiger partial charge is 0.493 e. The number of aliphatic imine (C=N–C) groups is 1. The molecule has 0 heterocycles. The van der Waals surface area contributed by atoms with E-state index in [4.69, 9.17) is 18.9 Å². The fourth-order valence-corrected chi connectivity index (χ4v) is 3.45. The van der Waals surface area contributed by atoms with Crippen LogP contribution in [0.4, 0.5) is 0 Å². The number of rotatable bonds is 15. The molecule has 0 saturated heterocycles. The van der Waals surface area contributed by atoms with Gasteiger partial charge in [0.2, 0.25) is 0 Å². The summed E-state index contributed by atoms with van der Waals surface area (Å²) in [5.74, 6) is 2.53. The van der Waals surface area contributed by atoms with Gasteiger partial charge in [-0.25, -0.2) is 0 Å². The SMILES string of the molecule is C=CCCCC/N=C(C#N)/C(=C/c1ccc(OC)c(OC)c1)c1ccc(OC)c(OCCCC)c1. The van der Waals surface area contributed by atoms with Crippen molar-refractivity contribution in [3.8, 4) is 29.1 Å². The first-order chi connectivity index (χ1) is 17.1. The van der Waals surface area contributed by atoms with Gasteiger partial charge in [-0.05, 0) is 67.2 Å². The second-order valence-electron chi connectivity index (χ2n) is 7.87. The van der Waals surface area contributed by atoms with E-state index >= 15 is 0 Å². The topological polar surface area (TPSA) is 73.1 Å². The van der Waals surface area contributed by atoms with Crippen molar-refractivity contribution in [2.75, 3.05) is 34.5 Å². The summed E-state index contributed by atoms with van der Waals surface area (Å²) in [5.41, 5.74) is 2.74. The first-order valence-electron chi connectivity index (χ1n) is 11.9. The molecule has 0 unspecified atom stereocenters. The summed E-state index contributed by atoms with van der Waals surface area (Å²) in [5, 5.41) is 10.0. The predicted molar refractivity (Wildman–Crippen MR) is 143 cm³/mol. The van der Waals surface area contributed by atoms with Gasteiger partial charge in [-0.2, -0.15) is 5.26 Å². The fraction of sp³-hybridized carbons (Fsp3) is 0.379. The minimum atomic E-state index is 0.364. The van der Waals surface area contributed by atoms with Gasteiger partial charge in [0, 0.05) is 12.1 Å². The Hall–Kier alpha value is -3.72. The number of allylic oxidation sites excluding steroid dienone is 2. The van der Waals surface area contributed by atoms with E-state index in [0.717, 1.165) is 43.2 Å². The highest BCUT2D eigenvalue weighted by Gasteiger charge is 2.15. The number of nitrogens with zero attached hydrogens (tertiary/aromatic N) is 2. The normalized spacial score (nSPS) is 11.5. The van der Waals surface area contributed by atoms with Gasteiger partial charge in [-0.1, -0.05) is 31.6 Å². The smallest absolute Gasteiger partial charge is 0.161 e. The lowest BCUT2D eigenvalue weighted by Gasteiger charge is -2.14. The van der Waals surface area contributed by atoms with Crippen molar-refractivity contribution < 1.29 is 18.9 Å². The maximum absolute atomic E-state index is 10.0. The van der Waals surface area contributed by atoms with Crippen molar-refractivity contribution in [1.82, 2.24) is 0 Å². The van der Waals surface area contributed by atoms with Crippen molar-refractivity contribution >= 4 is 17.4 Å². The van der Waals surface area contributed by atoms with Crippen LogP contribution in [0.25, 0.3) is 11.6 Å². The number of methoxy groups -OCH3 is 3. The van der Waals surface area contributed by atoms with E-state index in [9.17, 15) is 5.26 Å². The standard InChI is InChI=1S/C29H36N2O4/c1-6-8-10-11-16-31-25(21-30)24(18-22-12-14-26(32-3)28(19-22)34-5)23-13-15-27(33-4)29(20-23)35-17-9-7-2/h6,12-15,18-20H,1,7-11,16-17H2,2-5H3/b24-18+,31-25+. The number of benzene rings is 2. The number of ether oxygens (including phenoxy) is 4. The molecule has 2 rings (SSSR count). The van der Waals surface area contributed by atoms with Crippen LogP contribution in [-0.2, 0) is 0 Å². The zero-order valence-electron chi connectivity index (χ0n) is 21.3. The van der Waals surface area contributed by atoms with Crippen LogP contribution < -0.4 is 18.9 Å². The molecule has 0 atom stereocenters. The van der Waals surface area contributed by atoms with Crippen molar-refractivity contribution in [2.24, 2.45) is 4.99 Å². The lowest BCUT2D eigenvalue weighted by atomic mass is 9.98. The summed E-state index contributed by atoms with van der Waals surface area (Å²) in [6.07, 6.45) is 8.61. The summed E-state index contributed by atoms with van der Waals surface area (Å²) in [7, 11) is 4.82. The molecule has 0 radical (unpaired) electrons. The van der Waals surface area contributed by atoms with Crippen molar-refractivity contribution in [3.63, 3.8) is 0 Å². The van der Waals surface area contributed by atoms with Gasteiger partial charge in [0.1, 0.15) is 11.8 Å². The van der Waals surface area contributed by atoms with E-state index in [2.05, 4.69) is 24.6 Å². The summed E-state index contributed by atoms with van der Waals surface area (Å²) in [6.45, 7) is 7.03. The minimum absolute atomic E-state index is 0.364. The Bertz CT molecular complexity index is 1070. The van der Waals surface area contributed by atoms with Crippen molar-refractivity contribution in [2.45, 2.75) is 39.0 Å². The summed E-state index contributed by atoms with van der Waals surface area (Å²) < 4.78 is 22.3. The highest BCUT2D eigenvalue weighted by molar-refractivity contribution is 6.34. The molecule has 0 fully saturated rings. The average molecular weight is 477 g/mol. The molecule has 0 saturated carbocycles. The molecule has 6 nitrogen and oxygen atoms in total. The third kappa shape index (κ3) is 8.22. The van der Waals surface area contributed by atoms with E-state index in [0.29, 0.717) is 47.4 Å². The monoisotopic (exact) mass is 476 g/mol. The third-order valence-corrected chi connectivity index (χ3v) is 5.40. The molecular formula is C29H36N2O4. The lowest BCUT2D eigenvalue weighted by molar-refractivity contribution is 0.288.